The summed E-state index contributed by atoms with van der Waals surface area (Å²) in [6, 6.07) is 1.95. The number of hydrogen-bond acceptors (Lipinski definition) is 4. The van der Waals surface area contributed by atoms with E-state index >= 15 is 0 Å². The van der Waals surface area contributed by atoms with Gasteiger partial charge in [-0.3, -0.25) is 10.2 Å². The zero-order valence-electron chi connectivity index (χ0n) is 8.95. The summed E-state index contributed by atoms with van der Waals surface area (Å²) in [6.45, 7) is 0. The first-order chi connectivity index (χ1) is 8.58. The van der Waals surface area contributed by atoms with Gasteiger partial charge in [0.1, 0.15) is 11.5 Å². The molecule has 1 amide bonds. The lowest BCUT2D eigenvalue weighted by molar-refractivity contribution is -0.132. The molecular formula is C11H8FN3O3. The molecule has 6 nitrogen and oxygen atoms in total. The van der Waals surface area contributed by atoms with Crippen LogP contribution in [0, 0.1) is 5.82 Å². The van der Waals surface area contributed by atoms with Gasteiger partial charge in [-0.1, -0.05) is 0 Å². The third-order valence-corrected chi connectivity index (χ3v) is 2.91. The van der Waals surface area contributed by atoms with Crippen molar-refractivity contribution in [1.82, 2.24) is 10.9 Å². The number of nitrogens with one attached hydrogen (secondary N) is 3. The Kier molecular flexibility index (Phi) is 2.11. The molecule has 1 aromatic carbocycles. The van der Waals surface area contributed by atoms with Crippen LogP contribution in [0.3, 0.4) is 0 Å². The van der Waals surface area contributed by atoms with Gasteiger partial charge in [0.2, 0.25) is 0 Å². The molecule has 2 heterocycles. The van der Waals surface area contributed by atoms with E-state index in [9.17, 15) is 14.0 Å². The molecule has 0 fully saturated rings. The van der Waals surface area contributed by atoms with Crippen molar-refractivity contribution in [2.24, 2.45) is 0 Å². The first-order valence-corrected chi connectivity index (χ1v) is 5.18. The van der Waals surface area contributed by atoms with Gasteiger partial charge >= 0.3 is 5.97 Å². The normalized spacial score (nSPS) is 20.4. The topological polar surface area (TPSA) is 90.5 Å². The third-order valence-electron chi connectivity index (χ3n) is 2.91. The molecule has 7 heteroatoms. The monoisotopic (exact) mass is 249 g/mol. The summed E-state index contributed by atoms with van der Waals surface area (Å²) >= 11 is 0. The number of benzene rings is 1. The maximum atomic E-state index is 13.7. The molecule has 1 unspecified atom stereocenters. The van der Waals surface area contributed by atoms with Crippen LogP contribution in [0.5, 0.6) is 0 Å². The predicted octanol–water partition coefficient (Wildman–Crippen LogP) is 0.509. The number of aliphatic carboxylic acids is 1. The molecule has 0 aliphatic carbocycles. The molecule has 2 aliphatic heterocycles. The van der Waals surface area contributed by atoms with Gasteiger partial charge in [0.05, 0.1) is 11.7 Å². The van der Waals surface area contributed by atoms with Gasteiger partial charge in [-0.2, -0.15) is 0 Å². The van der Waals surface area contributed by atoms with Crippen molar-refractivity contribution < 1.29 is 19.1 Å². The van der Waals surface area contributed by atoms with Crippen molar-refractivity contribution in [3.8, 4) is 0 Å². The Hall–Kier alpha value is -2.41. The van der Waals surface area contributed by atoms with Crippen molar-refractivity contribution in [3.05, 3.63) is 40.8 Å². The molecule has 1 aromatic rings. The molecule has 2 aliphatic rings. The van der Waals surface area contributed by atoms with Crippen LogP contribution in [0.2, 0.25) is 0 Å². The Bertz CT molecular complexity index is 612. The Labute approximate surface area is 100 Å². The minimum atomic E-state index is -1.19. The number of carbonyl (C=O) groups excluding carboxylic acids is 1. The van der Waals surface area contributed by atoms with Gasteiger partial charge in [0.15, 0.2) is 0 Å². The lowest BCUT2D eigenvalue weighted by Gasteiger charge is -2.31. The molecule has 0 bridgehead atoms. The number of carboxylic acid groups (broad SMARTS) is 1. The summed E-state index contributed by atoms with van der Waals surface area (Å²) in [7, 11) is 0. The summed E-state index contributed by atoms with van der Waals surface area (Å²) in [4.78, 5) is 22.5. The van der Waals surface area contributed by atoms with Crippen LogP contribution in [0.1, 0.15) is 22.0 Å². The van der Waals surface area contributed by atoms with Gasteiger partial charge in [-0.25, -0.2) is 14.6 Å². The summed E-state index contributed by atoms with van der Waals surface area (Å²) in [5, 5.41) is 11.4. The molecule has 3 rings (SSSR count). The van der Waals surface area contributed by atoms with Crippen LogP contribution in [-0.2, 0) is 4.79 Å². The number of halogens is 1. The highest BCUT2D eigenvalue weighted by Gasteiger charge is 2.33. The number of amides is 1. The molecule has 0 spiro atoms. The van der Waals surface area contributed by atoms with Crippen molar-refractivity contribution in [2.75, 3.05) is 5.32 Å². The second-order valence-electron chi connectivity index (χ2n) is 3.97. The quantitative estimate of drug-likeness (QED) is 0.582. The van der Waals surface area contributed by atoms with Gasteiger partial charge in [0.25, 0.3) is 5.91 Å². The van der Waals surface area contributed by atoms with E-state index < -0.39 is 17.8 Å². The Morgan fingerprint density at radius 2 is 2.17 bits per heavy atom. The molecule has 0 radical (unpaired) electrons. The molecule has 92 valence electrons. The van der Waals surface area contributed by atoms with E-state index in [4.69, 9.17) is 5.11 Å². The molecule has 0 aromatic heterocycles. The van der Waals surface area contributed by atoms with Crippen molar-refractivity contribution in [2.45, 2.75) is 6.04 Å². The van der Waals surface area contributed by atoms with Crippen LogP contribution >= 0.6 is 0 Å². The lowest BCUT2D eigenvalue weighted by atomic mass is 9.92. The summed E-state index contributed by atoms with van der Waals surface area (Å²) < 4.78 is 13.7. The largest absolute Gasteiger partial charge is 0.477 e. The van der Waals surface area contributed by atoms with E-state index in [1.54, 1.807) is 0 Å². The van der Waals surface area contributed by atoms with Gasteiger partial charge in [-0.15, -0.1) is 0 Å². The molecule has 0 saturated carbocycles. The van der Waals surface area contributed by atoms with E-state index in [1.165, 1.54) is 12.1 Å². The fraction of sp³-hybridized carbons (Fsp3) is 0.0909. The third kappa shape index (κ3) is 1.37. The highest BCUT2D eigenvalue weighted by molar-refractivity contribution is 6.00. The summed E-state index contributed by atoms with van der Waals surface area (Å²) in [6.07, 6.45) is 1.38. The highest BCUT2D eigenvalue weighted by atomic mass is 19.1. The molecule has 18 heavy (non-hydrogen) atoms. The fourth-order valence-electron chi connectivity index (χ4n) is 2.12. The number of hydrogen-bond donors (Lipinski definition) is 4. The van der Waals surface area contributed by atoms with Gasteiger partial charge in [0, 0.05) is 11.1 Å². The number of anilines is 1. The van der Waals surface area contributed by atoms with Crippen LogP contribution in [-0.4, -0.2) is 17.0 Å². The average Bonchev–Trinajstić information content (AvgIpc) is 2.35. The van der Waals surface area contributed by atoms with Crippen LogP contribution in [0.25, 0.3) is 0 Å². The van der Waals surface area contributed by atoms with E-state index in [0.717, 1.165) is 6.07 Å². The van der Waals surface area contributed by atoms with Crippen molar-refractivity contribution >= 4 is 17.6 Å². The minimum Gasteiger partial charge on any atom is -0.477 e. The van der Waals surface area contributed by atoms with Crippen LogP contribution in [0.15, 0.2) is 23.9 Å². The SMILES string of the molecule is O=C(O)C1=CC2NNC(=O)c3ccc(F)c(c32)N1. The van der Waals surface area contributed by atoms with Gasteiger partial charge in [-0.05, 0) is 18.2 Å². The molecular weight excluding hydrogens is 241 g/mol. The lowest BCUT2D eigenvalue weighted by Crippen LogP contribution is -2.46. The second-order valence-corrected chi connectivity index (χ2v) is 3.97. The van der Waals surface area contributed by atoms with E-state index in [-0.39, 0.29) is 17.3 Å². The first-order valence-electron chi connectivity index (χ1n) is 5.18. The molecule has 4 N–H and O–H groups in total. The number of carbonyl (C=O) groups is 2. The number of rotatable bonds is 1. The van der Waals surface area contributed by atoms with Crippen molar-refractivity contribution in [3.63, 3.8) is 0 Å². The van der Waals surface area contributed by atoms with E-state index in [1.807, 2.05) is 0 Å². The highest BCUT2D eigenvalue weighted by Crippen LogP contribution is 2.36. The van der Waals surface area contributed by atoms with E-state index in [2.05, 4.69) is 16.2 Å². The maximum absolute atomic E-state index is 13.7. The molecule has 0 saturated heterocycles. The van der Waals surface area contributed by atoms with Crippen LogP contribution in [0.4, 0.5) is 10.1 Å². The van der Waals surface area contributed by atoms with E-state index in [0.29, 0.717) is 11.1 Å². The standard InChI is InChI=1S/C11H8FN3O3/c12-5-2-1-4-8-6(14-15-10(4)16)3-7(11(17)18)13-9(5)8/h1-3,6,13-14H,(H,15,16)(H,17,18). The zero-order valence-corrected chi connectivity index (χ0v) is 8.95. The Morgan fingerprint density at radius 1 is 1.39 bits per heavy atom. The second kappa shape index (κ2) is 3.54. The van der Waals surface area contributed by atoms with Crippen LogP contribution < -0.4 is 16.2 Å². The maximum Gasteiger partial charge on any atom is 0.352 e. The fourth-order valence-corrected chi connectivity index (χ4v) is 2.12. The summed E-state index contributed by atoms with van der Waals surface area (Å²) in [5.41, 5.74) is 5.67. The smallest absolute Gasteiger partial charge is 0.352 e. The van der Waals surface area contributed by atoms with Gasteiger partial charge < -0.3 is 10.4 Å². The minimum absolute atomic E-state index is 0.0275. The average molecular weight is 249 g/mol. The predicted molar refractivity (Wildman–Crippen MR) is 59.1 cm³/mol. The Morgan fingerprint density at radius 3 is 2.89 bits per heavy atom. The molecule has 1 atom stereocenters. The zero-order chi connectivity index (χ0) is 12.9. The summed E-state index contributed by atoms with van der Waals surface area (Å²) in [5.74, 6) is -2.16. The first kappa shape index (κ1) is 10.7. The number of carboxylic acids is 1. The van der Waals surface area contributed by atoms with Crippen molar-refractivity contribution in [1.29, 1.82) is 0 Å². The number of hydrazine groups is 1. The Balaban J connectivity index is 2.22.